The highest BCUT2D eigenvalue weighted by atomic mass is 16.1. The van der Waals surface area contributed by atoms with E-state index in [9.17, 15) is 10.1 Å². The molecular weight excluding hydrogens is 210 g/mol. The number of nitrogens with zero attached hydrogens (tertiary/aromatic N) is 1. The molecule has 2 atom stereocenters. The van der Waals surface area contributed by atoms with Gasteiger partial charge in [-0.15, -0.1) is 0 Å². The first-order chi connectivity index (χ1) is 8.15. The molecule has 1 aliphatic carbocycles. The third-order valence-corrected chi connectivity index (χ3v) is 3.74. The van der Waals surface area contributed by atoms with Gasteiger partial charge in [0.25, 0.3) is 0 Å². The van der Waals surface area contributed by atoms with Gasteiger partial charge in [0.05, 0.1) is 11.5 Å². The Morgan fingerprint density at radius 1 is 1.41 bits per heavy atom. The summed E-state index contributed by atoms with van der Waals surface area (Å²) in [5.41, 5.74) is 0.589. The zero-order valence-corrected chi connectivity index (χ0v) is 10.1. The van der Waals surface area contributed by atoms with Gasteiger partial charge in [0.1, 0.15) is 5.78 Å². The quantitative estimate of drug-likeness (QED) is 0.796. The summed E-state index contributed by atoms with van der Waals surface area (Å²) in [4.78, 5) is 11.8. The van der Waals surface area contributed by atoms with Crippen LogP contribution in [-0.2, 0) is 11.2 Å². The van der Waals surface area contributed by atoms with E-state index in [-0.39, 0.29) is 11.7 Å². The minimum Gasteiger partial charge on any atom is -0.299 e. The summed E-state index contributed by atoms with van der Waals surface area (Å²) in [5.74, 6) is 0.192. The van der Waals surface area contributed by atoms with E-state index in [0.29, 0.717) is 12.8 Å². The topological polar surface area (TPSA) is 40.9 Å². The molecule has 2 unspecified atom stereocenters. The molecule has 1 aliphatic rings. The molecule has 0 aliphatic heterocycles. The van der Waals surface area contributed by atoms with E-state index >= 15 is 0 Å². The van der Waals surface area contributed by atoms with E-state index in [1.165, 1.54) is 0 Å². The van der Waals surface area contributed by atoms with Crippen LogP contribution in [0.5, 0.6) is 0 Å². The highest BCUT2D eigenvalue weighted by molar-refractivity contribution is 5.84. The molecular formula is C15H17NO. The van der Waals surface area contributed by atoms with Gasteiger partial charge in [-0.1, -0.05) is 30.3 Å². The summed E-state index contributed by atoms with van der Waals surface area (Å²) in [6.07, 6.45) is 3.13. The number of benzene rings is 1. The number of Topliss-reactive ketones (excluding diaryl/α,β-unsaturated/α-hetero) is 1. The summed E-state index contributed by atoms with van der Waals surface area (Å²) in [6, 6.07) is 12.3. The molecule has 1 aromatic carbocycles. The molecule has 2 nitrogen and oxygen atoms in total. The standard InChI is InChI=1S/C15H17NO/c1-15(11-16,13-8-5-9-14(13)17)10-12-6-3-2-4-7-12/h2-4,6-7,13H,5,8-10H2,1H3. The van der Waals surface area contributed by atoms with Crippen molar-refractivity contribution in [3.8, 4) is 6.07 Å². The molecule has 0 saturated heterocycles. The molecule has 0 spiro atoms. The molecule has 17 heavy (non-hydrogen) atoms. The maximum Gasteiger partial charge on any atom is 0.137 e. The van der Waals surface area contributed by atoms with Crippen LogP contribution in [0.25, 0.3) is 0 Å². The number of ketones is 1. The average molecular weight is 227 g/mol. The van der Waals surface area contributed by atoms with Crippen LogP contribution in [0.4, 0.5) is 0 Å². The lowest BCUT2D eigenvalue weighted by atomic mass is 9.72. The summed E-state index contributed by atoms with van der Waals surface area (Å²) in [5, 5.41) is 9.42. The van der Waals surface area contributed by atoms with Crippen LogP contribution in [0, 0.1) is 22.7 Å². The Morgan fingerprint density at radius 3 is 2.65 bits per heavy atom. The summed E-state index contributed by atoms with van der Waals surface area (Å²) in [6.45, 7) is 1.92. The predicted molar refractivity (Wildman–Crippen MR) is 66.2 cm³/mol. The van der Waals surface area contributed by atoms with Crippen molar-refractivity contribution in [2.24, 2.45) is 11.3 Å². The highest BCUT2D eigenvalue weighted by Gasteiger charge is 2.41. The minimum absolute atomic E-state index is 0.0762. The van der Waals surface area contributed by atoms with Crippen molar-refractivity contribution in [1.82, 2.24) is 0 Å². The van der Waals surface area contributed by atoms with Gasteiger partial charge in [-0.05, 0) is 31.7 Å². The zero-order chi connectivity index (χ0) is 12.3. The van der Waals surface area contributed by atoms with Crippen LogP contribution in [0.3, 0.4) is 0 Å². The molecule has 0 heterocycles. The predicted octanol–water partition coefficient (Wildman–Crippen LogP) is 3.13. The van der Waals surface area contributed by atoms with Gasteiger partial charge in [-0.2, -0.15) is 5.26 Å². The van der Waals surface area contributed by atoms with Gasteiger partial charge < -0.3 is 0 Å². The largest absolute Gasteiger partial charge is 0.299 e. The van der Waals surface area contributed by atoms with Crippen LogP contribution in [0.15, 0.2) is 30.3 Å². The number of nitriles is 1. The number of carbonyl (C=O) groups excluding carboxylic acids is 1. The summed E-state index contributed by atoms with van der Waals surface area (Å²) < 4.78 is 0. The Bertz CT molecular complexity index is 446. The molecule has 0 radical (unpaired) electrons. The Kier molecular flexibility index (Phi) is 3.28. The summed E-state index contributed by atoms with van der Waals surface area (Å²) in [7, 11) is 0. The molecule has 0 aromatic heterocycles. The lowest BCUT2D eigenvalue weighted by Crippen LogP contribution is -2.31. The number of carbonyl (C=O) groups is 1. The van der Waals surface area contributed by atoms with Crippen molar-refractivity contribution in [3.05, 3.63) is 35.9 Å². The van der Waals surface area contributed by atoms with Crippen LogP contribution in [0.2, 0.25) is 0 Å². The maximum atomic E-state index is 11.8. The molecule has 1 saturated carbocycles. The van der Waals surface area contributed by atoms with E-state index < -0.39 is 5.41 Å². The highest BCUT2D eigenvalue weighted by Crippen LogP contribution is 2.39. The Balaban J connectivity index is 2.21. The van der Waals surface area contributed by atoms with Crippen LogP contribution >= 0.6 is 0 Å². The Morgan fingerprint density at radius 2 is 2.12 bits per heavy atom. The fraction of sp³-hybridized carbons (Fsp3) is 0.467. The summed E-state index contributed by atoms with van der Waals surface area (Å²) >= 11 is 0. The molecule has 2 rings (SSSR count). The van der Waals surface area contributed by atoms with Crippen molar-refractivity contribution in [3.63, 3.8) is 0 Å². The molecule has 1 aromatic rings. The molecule has 88 valence electrons. The van der Waals surface area contributed by atoms with Gasteiger partial charge in [0, 0.05) is 12.3 Å². The second-order valence-corrected chi connectivity index (χ2v) is 5.10. The van der Waals surface area contributed by atoms with Gasteiger partial charge in [0.15, 0.2) is 0 Å². The van der Waals surface area contributed by atoms with Crippen molar-refractivity contribution in [1.29, 1.82) is 5.26 Å². The third-order valence-electron chi connectivity index (χ3n) is 3.74. The number of hydrogen-bond acceptors (Lipinski definition) is 2. The molecule has 0 amide bonds. The second kappa shape index (κ2) is 4.71. The molecule has 0 bridgehead atoms. The van der Waals surface area contributed by atoms with Gasteiger partial charge >= 0.3 is 0 Å². The smallest absolute Gasteiger partial charge is 0.137 e. The first-order valence-electron chi connectivity index (χ1n) is 6.13. The Labute approximate surface area is 102 Å². The second-order valence-electron chi connectivity index (χ2n) is 5.10. The van der Waals surface area contributed by atoms with Gasteiger partial charge in [0.2, 0.25) is 0 Å². The SMILES string of the molecule is CC(C#N)(Cc1ccccc1)C1CCCC1=O. The minimum atomic E-state index is -0.547. The lowest BCUT2D eigenvalue weighted by molar-refractivity contribution is -0.122. The number of rotatable bonds is 3. The molecule has 1 fully saturated rings. The third kappa shape index (κ3) is 2.39. The van der Waals surface area contributed by atoms with E-state index in [1.807, 2.05) is 37.3 Å². The zero-order valence-electron chi connectivity index (χ0n) is 10.1. The van der Waals surface area contributed by atoms with Gasteiger partial charge in [-0.25, -0.2) is 0 Å². The van der Waals surface area contributed by atoms with Crippen LogP contribution < -0.4 is 0 Å². The van der Waals surface area contributed by atoms with Crippen LogP contribution in [-0.4, -0.2) is 5.78 Å². The van der Waals surface area contributed by atoms with Crippen molar-refractivity contribution in [2.45, 2.75) is 32.6 Å². The molecule has 0 N–H and O–H groups in total. The van der Waals surface area contributed by atoms with E-state index in [0.717, 1.165) is 18.4 Å². The number of hydrogen-bond donors (Lipinski definition) is 0. The van der Waals surface area contributed by atoms with Crippen molar-refractivity contribution >= 4 is 5.78 Å². The lowest BCUT2D eigenvalue weighted by Gasteiger charge is -2.27. The monoisotopic (exact) mass is 227 g/mol. The van der Waals surface area contributed by atoms with E-state index in [2.05, 4.69) is 6.07 Å². The fourth-order valence-electron chi connectivity index (χ4n) is 2.75. The Hall–Kier alpha value is -1.62. The first-order valence-corrected chi connectivity index (χ1v) is 6.13. The van der Waals surface area contributed by atoms with Gasteiger partial charge in [-0.3, -0.25) is 4.79 Å². The maximum absolute atomic E-state index is 11.8. The van der Waals surface area contributed by atoms with Crippen molar-refractivity contribution < 1.29 is 4.79 Å². The average Bonchev–Trinajstić information content (AvgIpc) is 2.77. The first kappa shape index (κ1) is 11.9. The van der Waals surface area contributed by atoms with Crippen LogP contribution in [0.1, 0.15) is 31.7 Å². The van der Waals surface area contributed by atoms with E-state index in [1.54, 1.807) is 0 Å². The van der Waals surface area contributed by atoms with Crippen molar-refractivity contribution in [2.75, 3.05) is 0 Å². The fourth-order valence-corrected chi connectivity index (χ4v) is 2.75. The normalized spacial score (nSPS) is 23.1. The van der Waals surface area contributed by atoms with E-state index in [4.69, 9.17) is 0 Å². The molecule has 2 heteroatoms.